The molecule has 0 radical (unpaired) electrons. The monoisotopic (exact) mass is 287 g/mol. The third kappa shape index (κ3) is 3.97. The van der Waals surface area contributed by atoms with E-state index in [1.165, 1.54) is 31.4 Å². The van der Waals surface area contributed by atoms with E-state index in [0.29, 0.717) is 12.5 Å². The molecule has 3 rings (SSSR count). The number of benzene rings is 1. The maximum Gasteiger partial charge on any atom is 0.225 e. The summed E-state index contributed by atoms with van der Waals surface area (Å²) in [5, 5.41) is 6.42. The maximum atomic E-state index is 12.1. The molecule has 4 nitrogen and oxygen atoms in total. The number of nitrogens with zero attached hydrogens (tertiary/aromatic N) is 1. The zero-order valence-electron chi connectivity index (χ0n) is 12.6. The number of piperidine rings is 1. The first-order chi connectivity index (χ1) is 10.3. The van der Waals surface area contributed by atoms with Gasteiger partial charge in [-0.05, 0) is 56.5 Å². The normalized spacial score (nSPS) is 22.3. The van der Waals surface area contributed by atoms with Gasteiger partial charge in [-0.3, -0.25) is 4.79 Å². The van der Waals surface area contributed by atoms with Crippen LogP contribution in [0.1, 0.15) is 38.5 Å². The topological polar surface area (TPSA) is 44.4 Å². The highest BCUT2D eigenvalue weighted by Gasteiger charge is 2.16. The van der Waals surface area contributed by atoms with Crippen molar-refractivity contribution in [1.29, 1.82) is 0 Å². The number of anilines is 2. The number of carbonyl (C=O) groups is 1. The second-order valence-electron chi connectivity index (χ2n) is 6.14. The van der Waals surface area contributed by atoms with Crippen molar-refractivity contribution in [2.24, 2.45) is 0 Å². The molecule has 2 aliphatic rings. The van der Waals surface area contributed by atoms with E-state index in [2.05, 4.69) is 27.7 Å². The van der Waals surface area contributed by atoms with E-state index < -0.39 is 0 Å². The van der Waals surface area contributed by atoms with Gasteiger partial charge in [-0.1, -0.05) is 6.42 Å². The van der Waals surface area contributed by atoms with Crippen molar-refractivity contribution in [3.05, 3.63) is 24.3 Å². The van der Waals surface area contributed by atoms with E-state index in [9.17, 15) is 4.79 Å². The number of hydrogen-bond donors (Lipinski definition) is 2. The average Bonchev–Trinajstić information content (AvgIpc) is 3.03. The van der Waals surface area contributed by atoms with Gasteiger partial charge in [-0.2, -0.15) is 0 Å². The van der Waals surface area contributed by atoms with Crippen LogP contribution in [0.3, 0.4) is 0 Å². The molecular weight excluding hydrogens is 262 g/mol. The highest BCUT2D eigenvalue weighted by Crippen LogP contribution is 2.22. The van der Waals surface area contributed by atoms with Gasteiger partial charge >= 0.3 is 0 Å². The fourth-order valence-corrected chi connectivity index (χ4v) is 3.26. The Balaban J connectivity index is 1.50. The Hall–Kier alpha value is -1.55. The standard InChI is InChI=1S/C17H25N3O/c21-17(13-15-5-1-2-10-18-15)19-14-6-8-16(9-7-14)20-11-3-4-12-20/h6-9,15,18H,1-5,10-13H2,(H,19,21). The zero-order chi connectivity index (χ0) is 14.5. The summed E-state index contributed by atoms with van der Waals surface area (Å²) in [6.07, 6.45) is 6.72. The van der Waals surface area contributed by atoms with Crippen LogP contribution in [0, 0.1) is 0 Å². The molecule has 0 aromatic heterocycles. The molecule has 1 amide bonds. The highest BCUT2D eigenvalue weighted by atomic mass is 16.1. The van der Waals surface area contributed by atoms with Crippen LogP contribution in [0.15, 0.2) is 24.3 Å². The summed E-state index contributed by atoms with van der Waals surface area (Å²) in [5.74, 6) is 0.114. The highest BCUT2D eigenvalue weighted by molar-refractivity contribution is 5.91. The molecule has 4 heteroatoms. The summed E-state index contributed by atoms with van der Waals surface area (Å²) in [6.45, 7) is 3.35. The van der Waals surface area contributed by atoms with Gasteiger partial charge in [0.05, 0.1) is 0 Å². The second-order valence-corrected chi connectivity index (χ2v) is 6.14. The Morgan fingerprint density at radius 2 is 1.90 bits per heavy atom. The predicted molar refractivity (Wildman–Crippen MR) is 86.8 cm³/mol. The summed E-state index contributed by atoms with van der Waals surface area (Å²) in [6, 6.07) is 8.60. The molecule has 2 saturated heterocycles. The molecule has 2 N–H and O–H groups in total. The first-order valence-electron chi connectivity index (χ1n) is 8.19. The fraction of sp³-hybridized carbons (Fsp3) is 0.588. The first-order valence-corrected chi connectivity index (χ1v) is 8.19. The molecule has 2 fully saturated rings. The third-order valence-electron chi connectivity index (χ3n) is 4.47. The third-order valence-corrected chi connectivity index (χ3v) is 4.47. The van der Waals surface area contributed by atoms with Crippen molar-refractivity contribution in [2.75, 3.05) is 29.9 Å². The van der Waals surface area contributed by atoms with Gasteiger partial charge in [0.1, 0.15) is 0 Å². The Morgan fingerprint density at radius 3 is 2.57 bits per heavy atom. The Bertz CT molecular complexity index is 459. The van der Waals surface area contributed by atoms with Crippen molar-refractivity contribution < 1.29 is 4.79 Å². The number of amides is 1. The van der Waals surface area contributed by atoms with E-state index in [-0.39, 0.29) is 5.91 Å². The van der Waals surface area contributed by atoms with E-state index in [4.69, 9.17) is 0 Å². The molecule has 0 spiro atoms. The van der Waals surface area contributed by atoms with E-state index in [1.54, 1.807) is 0 Å². The van der Waals surface area contributed by atoms with Gasteiger partial charge in [-0.25, -0.2) is 0 Å². The molecule has 2 heterocycles. The molecule has 114 valence electrons. The lowest BCUT2D eigenvalue weighted by Crippen LogP contribution is -2.36. The fourth-order valence-electron chi connectivity index (χ4n) is 3.26. The van der Waals surface area contributed by atoms with Crippen LogP contribution in [-0.4, -0.2) is 31.6 Å². The van der Waals surface area contributed by atoms with Gasteiger partial charge in [0, 0.05) is 36.9 Å². The van der Waals surface area contributed by atoms with Gasteiger partial charge in [0.25, 0.3) is 0 Å². The average molecular weight is 287 g/mol. The second kappa shape index (κ2) is 6.94. The largest absolute Gasteiger partial charge is 0.372 e. The van der Waals surface area contributed by atoms with Crippen molar-refractivity contribution in [3.8, 4) is 0 Å². The maximum absolute atomic E-state index is 12.1. The molecule has 0 saturated carbocycles. The van der Waals surface area contributed by atoms with Crippen molar-refractivity contribution in [1.82, 2.24) is 5.32 Å². The van der Waals surface area contributed by atoms with Crippen molar-refractivity contribution in [2.45, 2.75) is 44.6 Å². The Morgan fingerprint density at radius 1 is 1.14 bits per heavy atom. The summed E-state index contributed by atoms with van der Waals surface area (Å²) in [5.41, 5.74) is 2.17. The molecule has 0 aliphatic carbocycles. The number of carbonyl (C=O) groups excluding carboxylic acids is 1. The Labute approximate surface area is 126 Å². The first kappa shape index (κ1) is 14.4. The van der Waals surface area contributed by atoms with Crippen LogP contribution in [0.4, 0.5) is 11.4 Å². The van der Waals surface area contributed by atoms with Gasteiger partial charge in [-0.15, -0.1) is 0 Å². The van der Waals surface area contributed by atoms with Crippen LogP contribution in [0.25, 0.3) is 0 Å². The molecule has 21 heavy (non-hydrogen) atoms. The Kier molecular flexibility index (Phi) is 4.76. The number of nitrogens with one attached hydrogen (secondary N) is 2. The SMILES string of the molecule is O=C(CC1CCCCN1)Nc1ccc(N2CCCC2)cc1. The molecule has 2 aliphatic heterocycles. The smallest absolute Gasteiger partial charge is 0.225 e. The minimum Gasteiger partial charge on any atom is -0.372 e. The van der Waals surface area contributed by atoms with Crippen molar-refractivity contribution >= 4 is 17.3 Å². The lowest BCUT2D eigenvalue weighted by atomic mass is 10.0. The molecular formula is C17H25N3O. The van der Waals surface area contributed by atoms with Crippen LogP contribution >= 0.6 is 0 Å². The molecule has 1 aromatic carbocycles. The lowest BCUT2D eigenvalue weighted by Gasteiger charge is -2.23. The van der Waals surface area contributed by atoms with Crippen LogP contribution in [0.5, 0.6) is 0 Å². The van der Waals surface area contributed by atoms with Gasteiger partial charge in [0.15, 0.2) is 0 Å². The molecule has 1 aromatic rings. The molecule has 0 bridgehead atoms. The molecule has 1 atom stereocenters. The van der Waals surface area contributed by atoms with Gasteiger partial charge < -0.3 is 15.5 Å². The number of hydrogen-bond acceptors (Lipinski definition) is 3. The van der Waals surface area contributed by atoms with E-state index >= 15 is 0 Å². The van der Waals surface area contributed by atoms with Crippen molar-refractivity contribution in [3.63, 3.8) is 0 Å². The summed E-state index contributed by atoms with van der Waals surface area (Å²) in [4.78, 5) is 14.5. The summed E-state index contributed by atoms with van der Waals surface area (Å²) >= 11 is 0. The van der Waals surface area contributed by atoms with Crippen LogP contribution in [0.2, 0.25) is 0 Å². The van der Waals surface area contributed by atoms with E-state index in [1.807, 2.05) is 12.1 Å². The van der Waals surface area contributed by atoms with Gasteiger partial charge in [0.2, 0.25) is 5.91 Å². The summed E-state index contributed by atoms with van der Waals surface area (Å²) in [7, 11) is 0. The quantitative estimate of drug-likeness (QED) is 0.895. The van der Waals surface area contributed by atoms with E-state index in [0.717, 1.165) is 31.7 Å². The van der Waals surface area contributed by atoms with Crippen LogP contribution in [-0.2, 0) is 4.79 Å². The van der Waals surface area contributed by atoms with Crippen LogP contribution < -0.4 is 15.5 Å². The number of rotatable bonds is 4. The summed E-state index contributed by atoms with van der Waals surface area (Å²) < 4.78 is 0. The predicted octanol–water partition coefficient (Wildman–Crippen LogP) is 2.76. The minimum absolute atomic E-state index is 0.114. The zero-order valence-corrected chi connectivity index (χ0v) is 12.6. The lowest BCUT2D eigenvalue weighted by molar-refractivity contribution is -0.116. The molecule has 1 unspecified atom stereocenters. The minimum atomic E-state index is 0.114.